The molecule has 0 atom stereocenters. The summed E-state index contributed by atoms with van der Waals surface area (Å²) in [4.78, 5) is 17.7. The Labute approximate surface area is 162 Å². The lowest BCUT2D eigenvalue weighted by atomic mass is 10.1. The minimum absolute atomic E-state index is 0.332. The van der Waals surface area contributed by atoms with Gasteiger partial charge in [0, 0.05) is 40.3 Å². The highest BCUT2D eigenvalue weighted by Crippen LogP contribution is 2.31. The van der Waals surface area contributed by atoms with Crippen LogP contribution in [0, 0.1) is 0 Å². The number of hydrogen-bond donors (Lipinski definition) is 1. The van der Waals surface area contributed by atoms with Gasteiger partial charge in [-0.3, -0.25) is 4.98 Å². The maximum Gasteiger partial charge on any atom is 0.124 e. The van der Waals surface area contributed by atoms with Gasteiger partial charge in [0.1, 0.15) is 6.29 Å². The molecule has 3 aromatic rings. The fourth-order valence-electron chi connectivity index (χ4n) is 2.85. The van der Waals surface area contributed by atoms with Gasteiger partial charge in [-0.25, -0.2) is 0 Å². The summed E-state index contributed by atoms with van der Waals surface area (Å²) >= 11 is 3.52. The number of likely N-dealkylation sites (N-methyl/N-ethyl adjacent to an activating group) is 1. The normalized spacial score (nSPS) is 11.1. The van der Waals surface area contributed by atoms with Gasteiger partial charge in [0.15, 0.2) is 0 Å². The third kappa shape index (κ3) is 4.48. The van der Waals surface area contributed by atoms with E-state index in [2.05, 4.69) is 69.5 Å². The third-order valence-corrected chi connectivity index (χ3v) is 4.78. The van der Waals surface area contributed by atoms with Crippen molar-refractivity contribution in [3.05, 3.63) is 64.3 Å². The molecular formula is C21H22BrN3O. The van der Waals surface area contributed by atoms with Crippen LogP contribution in [0.15, 0.2) is 53.1 Å². The number of nitrogens with one attached hydrogen (secondary N) is 1. The summed E-state index contributed by atoms with van der Waals surface area (Å²) in [7, 11) is 4.16. The molecule has 0 aliphatic carbocycles. The van der Waals surface area contributed by atoms with E-state index in [1.165, 1.54) is 5.56 Å². The minimum atomic E-state index is 0.332. The smallest absolute Gasteiger partial charge is 0.124 e. The van der Waals surface area contributed by atoms with Crippen molar-refractivity contribution in [1.82, 2.24) is 9.88 Å². The molecule has 0 bridgehead atoms. The van der Waals surface area contributed by atoms with Crippen LogP contribution < -0.4 is 5.32 Å². The Morgan fingerprint density at radius 1 is 1.15 bits per heavy atom. The van der Waals surface area contributed by atoms with Gasteiger partial charge in [-0.1, -0.05) is 28.1 Å². The van der Waals surface area contributed by atoms with Crippen LogP contribution in [0.5, 0.6) is 0 Å². The molecule has 0 unspecified atom stereocenters. The van der Waals surface area contributed by atoms with Gasteiger partial charge in [0.25, 0.3) is 0 Å². The van der Waals surface area contributed by atoms with E-state index in [4.69, 9.17) is 0 Å². The summed E-state index contributed by atoms with van der Waals surface area (Å²) in [6.45, 7) is 1.03. The van der Waals surface area contributed by atoms with Gasteiger partial charge in [-0.05, 0) is 56.4 Å². The van der Waals surface area contributed by atoms with E-state index >= 15 is 0 Å². The van der Waals surface area contributed by atoms with E-state index in [-0.39, 0.29) is 0 Å². The number of anilines is 2. The molecule has 0 amide bonds. The second-order valence-corrected chi connectivity index (χ2v) is 7.48. The number of nitrogens with zero attached hydrogens (tertiary/aromatic N) is 2. The summed E-state index contributed by atoms with van der Waals surface area (Å²) in [5.74, 6) is 0. The Morgan fingerprint density at radius 3 is 2.62 bits per heavy atom. The molecule has 0 aliphatic heterocycles. The van der Waals surface area contributed by atoms with Gasteiger partial charge in [-0.2, -0.15) is 0 Å². The number of fused-ring (bicyclic) bond motifs is 1. The number of hydrogen-bond acceptors (Lipinski definition) is 4. The lowest BCUT2D eigenvalue weighted by Gasteiger charge is -2.15. The molecule has 0 radical (unpaired) electrons. The van der Waals surface area contributed by atoms with E-state index < -0.39 is 0 Å². The first-order chi connectivity index (χ1) is 12.6. The van der Waals surface area contributed by atoms with Crippen LogP contribution in [-0.2, 0) is 17.6 Å². The Kier molecular flexibility index (Phi) is 6.01. The molecule has 5 heteroatoms. The highest BCUT2D eigenvalue weighted by Gasteiger charge is 2.10. The van der Waals surface area contributed by atoms with Crippen LogP contribution in [0.1, 0.15) is 11.1 Å². The van der Waals surface area contributed by atoms with Crippen LogP contribution in [-0.4, -0.2) is 36.8 Å². The average Bonchev–Trinajstić information content (AvgIpc) is 2.63. The van der Waals surface area contributed by atoms with E-state index in [1.807, 2.05) is 18.2 Å². The van der Waals surface area contributed by atoms with Crippen LogP contribution in [0.2, 0.25) is 0 Å². The SMILES string of the molecule is CN(C)CCc1ccc(Nc2c(CC=O)cnc3ccc(Br)cc23)cc1. The number of pyridine rings is 1. The van der Waals surface area contributed by atoms with Crippen molar-refractivity contribution in [2.24, 2.45) is 0 Å². The van der Waals surface area contributed by atoms with Crippen molar-refractivity contribution in [2.75, 3.05) is 26.0 Å². The van der Waals surface area contributed by atoms with Crippen LogP contribution in [0.3, 0.4) is 0 Å². The zero-order valence-corrected chi connectivity index (χ0v) is 16.6. The first kappa shape index (κ1) is 18.5. The van der Waals surface area contributed by atoms with Gasteiger partial charge < -0.3 is 15.0 Å². The Bertz CT molecular complexity index is 907. The average molecular weight is 412 g/mol. The lowest BCUT2D eigenvalue weighted by Crippen LogP contribution is -2.14. The molecule has 134 valence electrons. The molecule has 0 spiro atoms. The molecule has 0 saturated carbocycles. The maximum absolute atomic E-state index is 11.1. The summed E-state index contributed by atoms with van der Waals surface area (Å²) in [5.41, 5.74) is 5.03. The third-order valence-electron chi connectivity index (χ3n) is 4.28. The fraction of sp³-hybridized carbons (Fsp3) is 0.238. The van der Waals surface area contributed by atoms with E-state index in [1.54, 1.807) is 6.20 Å². The Morgan fingerprint density at radius 2 is 1.92 bits per heavy atom. The number of aromatic nitrogens is 1. The predicted molar refractivity (Wildman–Crippen MR) is 111 cm³/mol. The molecular weight excluding hydrogens is 390 g/mol. The molecule has 1 N–H and O–H groups in total. The lowest BCUT2D eigenvalue weighted by molar-refractivity contribution is -0.107. The molecule has 1 aromatic heterocycles. The minimum Gasteiger partial charge on any atom is -0.355 e. The Balaban J connectivity index is 1.92. The number of benzene rings is 2. The quantitative estimate of drug-likeness (QED) is 0.577. The zero-order valence-electron chi connectivity index (χ0n) is 15.0. The molecule has 26 heavy (non-hydrogen) atoms. The van der Waals surface area contributed by atoms with Crippen molar-refractivity contribution in [1.29, 1.82) is 0 Å². The number of carbonyl (C=O) groups excluding carboxylic acids is 1. The fourth-order valence-corrected chi connectivity index (χ4v) is 3.21. The molecule has 0 aliphatic rings. The number of aldehydes is 1. The van der Waals surface area contributed by atoms with Crippen LogP contribution in [0.4, 0.5) is 11.4 Å². The van der Waals surface area contributed by atoms with Crippen molar-refractivity contribution in [3.8, 4) is 0 Å². The van der Waals surface area contributed by atoms with Crippen LogP contribution in [0.25, 0.3) is 10.9 Å². The summed E-state index contributed by atoms with van der Waals surface area (Å²) in [6.07, 6.45) is 4.04. The van der Waals surface area contributed by atoms with Gasteiger partial charge in [0.05, 0.1) is 11.2 Å². The van der Waals surface area contributed by atoms with E-state index in [0.29, 0.717) is 6.42 Å². The second kappa shape index (κ2) is 8.43. The number of halogens is 1. The number of carbonyl (C=O) groups is 1. The summed E-state index contributed by atoms with van der Waals surface area (Å²) in [6, 6.07) is 14.4. The molecule has 0 saturated heterocycles. The molecule has 4 nitrogen and oxygen atoms in total. The Hall–Kier alpha value is -2.24. The maximum atomic E-state index is 11.1. The predicted octanol–water partition coefficient (Wildman–Crippen LogP) is 4.59. The van der Waals surface area contributed by atoms with Crippen molar-refractivity contribution in [3.63, 3.8) is 0 Å². The van der Waals surface area contributed by atoms with Gasteiger partial charge >= 0.3 is 0 Å². The van der Waals surface area contributed by atoms with Gasteiger partial charge in [-0.15, -0.1) is 0 Å². The monoisotopic (exact) mass is 411 g/mol. The molecule has 0 fully saturated rings. The first-order valence-corrected chi connectivity index (χ1v) is 9.37. The summed E-state index contributed by atoms with van der Waals surface area (Å²) < 4.78 is 0.983. The zero-order chi connectivity index (χ0) is 18.5. The first-order valence-electron chi connectivity index (χ1n) is 8.58. The van der Waals surface area contributed by atoms with E-state index in [0.717, 1.165) is 51.6 Å². The second-order valence-electron chi connectivity index (χ2n) is 6.57. The van der Waals surface area contributed by atoms with Crippen molar-refractivity contribution in [2.45, 2.75) is 12.8 Å². The topological polar surface area (TPSA) is 45.2 Å². The largest absolute Gasteiger partial charge is 0.355 e. The van der Waals surface area contributed by atoms with Gasteiger partial charge in [0.2, 0.25) is 0 Å². The highest BCUT2D eigenvalue weighted by molar-refractivity contribution is 9.10. The van der Waals surface area contributed by atoms with Crippen molar-refractivity contribution >= 4 is 44.5 Å². The summed E-state index contributed by atoms with van der Waals surface area (Å²) in [5, 5.41) is 4.49. The highest BCUT2D eigenvalue weighted by atomic mass is 79.9. The van der Waals surface area contributed by atoms with Crippen molar-refractivity contribution < 1.29 is 4.79 Å². The number of rotatable bonds is 7. The molecule has 3 rings (SSSR count). The molecule has 2 aromatic carbocycles. The molecule has 1 heterocycles. The standard InChI is InChI=1S/C21H22BrN3O/c1-25(2)11-9-15-3-6-18(7-4-15)24-21-16(10-12-26)14-23-20-8-5-17(22)13-19(20)21/h3-8,12-14H,9-11H2,1-2H3,(H,23,24). The van der Waals surface area contributed by atoms with Crippen LogP contribution >= 0.6 is 15.9 Å². The van der Waals surface area contributed by atoms with E-state index in [9.17, 15) is 4.79 Å².